The highest BCUT2D eigenvalue weighted by Crippen LogP contribution is 2.53. The third kappa shape index (κ3) is 2.18. The lowest BCUT2D eigenvalue weighted by Gasteiger charge is -2.54. The van der Waals surface area contributed by atoms with Gasteiger partial charge in [-0.15, -0.1) is 4.48 Å². The van der Waals surface area contributed by atoms with Gasteiger partial charge in [0.25, 0.3) is 0 Å². The van der Waals surface area contributed by atoms with E-state index in [2.05, 4.69) is 10.6 Å². The molecular formula is C18H15F3N3OS+. The van der Waals surface area contributed by atoms with Crippen molar-refractivity contribution < 1.29 is 18.0 Å². The normalized spacial score (nSPS) is 27.2. The van der Waals surface area contributed by atoms with Crippen molar-refractivity contribution >= 4 is 29.2 Å². The molecule has 0 radical (unpaired) electrons. The Labute approximate surface area is 152 Å². The molecule has 26 heavy (non-hydrogen) atoms. The molecule has 0 aliphatic carbocycles. The summed E-state index contributed by atoms with van der Waals surface area (Å²) < 4.78 is 38.6. The number of halogens is 3. The second kappa shape index (κ2) is 5.52. The fourth-order valence-corrected chi connectivity index (χ4v) is 4.48. The zero-order valence-electron chi connectivity index (χ0n) is 13.7. The van der Waals surface area contributed by atoms with Gasteiger partial charge < -0.3 is 5.32 Å². The Hall–Kier alpha value is -2.45. The van der Waals surface area contributed by atoms with E-state index in [4.69, 9.17) is 0 Å². The van der Waals surface area contributed by atoms with E-state index in [0.717, 1.165) is 17.7 Å². The number of urea groups is 1. The topological polar surface area (TPSA) is 41.1 Å². The van der Waals surface area contributed by atoms with E-state index in [-0.39, 0.29) is 10.5 Å². The number of nitrogens with zero attached hydrogens (tertiary/aromatic N) is 1. The van der Waals surface area contributed by atoms with Crippen LogP contribution in [0.3, 0.4) is 0 Å². The van der Waals surface area contributed by atoms with Crippen LogP contribution in [0.4, 0.5) is 29.3 Å². The van der Waals surface area contributed by atoms with E-state index < -0.39 is 16.9 Å². The van der Waals surface area contributed by atoms with Crippen molar-refractivity contribution in [3.8, 4) is 0 Å². The molecule has 2 aromatic rings. The van der Waals surface area contributed by atoms with Crippen LogP contribution in [0.5, 0.6) is 0 Å². The van der Waals surface area contributed by atoms with Crippen LogP contribution < -0.4 is 15.1 Å². The first-order chi connectivity index (χ1) is 12.3. The first kappa shape index (κ1) is 17.0. The monoisotopic (exact) mass is 378 g/mol. The van der Waals surface area contributed by atoms with E-state index in [9.17, 15) is 18.0 Å². The van der Waals surface area contributed by atoms with Gasteiger partial charge in [0.1, 0.15) is 0 Å². The van der Waals surface area contributed by atoms with Crippen LogP contribution in [0.1, 0.15) is 11.1 Å². The van der Waals surface area contributed by atoms with Crippen LogP contribution in [0.15, 0.2) is 60.1 Å². The summed E-state index contributed by atoms with van der Waals surface area (Å²) in [5, 5.41) is 6.92. The fraction of sp³-hybridized carbons (Fsp3) is 0.167. The molecule has 2 amide bonds. The Morgan fingerprint density at radius 1 is 1.08 bits per heavy atom. The molecule has 1 spiro atoms. The Morgan fingerprint density at radius 2 is 1.81 bits per heavy atom. The summed E-state index contributed by atoms with van der Waals surface area (Å²) >= 11 is 1.37. The van der Waals surface area contributed by atoms with Crippen molar-refractivity contribution in [1.29, 1.82) is 0 Å². The maximum absolute atomic E-state index is 12.9. The lowest BCUT2D eigenvalue weighted by molar-refractivity contribution is -0.137. The summed E-state index contributed by atoms with van der Waals surface area (Å²) in [5.74, 6) is 0. The number of hydrogen-bond acceptors (Lipinski definition) is 3. The van der Waals surface area contributed by atoms with E-state index >= 15 is 0 Å². The molecule has 1 saturated heterocycles. The lowest BCUT2D eigenvalue weighted by Crippen LogP contribution is -2.88. The maximum Gasteiger partial charge on any atom is 0.438 e. The first-order valence-electron chi connectivity index (χ1n) is 7.87. The highest BCUT2D eigenvalue weighted by atomic mass is 32.2. The van der Waals surface area contributed by atoms with Gasteiger partial charge in [0, 0.05) is 30.5 Å². The first-order valence-corrected chi connectivity index (χ1v) is 8.75. The molecule has 2 heterocycles. The highest BCUT2D eigenvalue weighted by molar-refractivity contribution is 8.03. The van der Waals surface area contributed by atoms with Gasteiger partial charge in [0.05, 0.1) is 5.56 Å². The van der Waals surface area contributed by atoms with Crippen molar-refractivity contribution in [1.82, 2.24) is 15.1 Å². The zero-order valence-corrected chi connectivity index (χ0v) is 14.5. The smallest absolute Gasteiger partial charge is 0.311 e. The van der Waals surface area contributed by atoms with Gasteiger partial charge in [-0.25, -0.2) is 10.1 Å². The summed E-state index contributed by atoms with van der Waals surface area (Å²) in [6.45, 7) is 1.91. The Kier molecular flexibility index (Phi) is 3.61. The van der Waals surface area contributed by atoms with E-state index in [1.165, 1.54) is 23.9 Å². The largest absolute Gasteiger partial charge is 0.438 e. The molecule has 2 aliphatic heterocycles. The second-order valence-electron chi connectivity index (χ2n) is 6.19. The average Bonchev–Trinajstić information content (AvgIpc) is 3.06. The van der Waals surface area contributed by atoms with Gasteiger partial charge in [0.15, 0.2) is 11.4 Å². The second-order valence-corrected chi connectivity index (χ2v) is 7.29. The molecule has 1 fully saturated rings. The molecule has 4 rings (SSSR count). The molecule has 134 valence electrons. The number of carbonyl (C=O) groups is 1. The van der Waals surface area contributed by atoms with Crippen molar-refractivity contribution in [2.24, 2.45) is 0 Å². The number of aryl methyl sites for hydroxylation is 1. The number of rotatable bonds is 2. The van der Waals surface area contributed by atoms with Crippen molar-refractivity contribution in [3.63, 3.8) is 0 Å². The number of thioether (sulfide) groups is 1. The highest BCUT2D eigenvalue weighted by Gasteiger charge is 2.72. The predicted octanol–water partition coefficient (Wildman–Crippen LogP) is 4.79. The van der Waals surface area contributed by atoms with Gasteiger partial charge >= 0.3 is 17.3 Å². The van der Waals surface area contributed by atoms with Gasteiger partial charge in [-0.05, 0) is 41.8 Å². The SMILES string of the molecule is Cc1cccc([N+]2(c3ccc(C(F)(F)F)cc3)C(=O)NC23NC=CS3)c1. The number of quaternary nitrogens is 1. The van der Waals surface area contributed by atoms with Gasteiger partial charge in [0.2, 0.25) is 0 Å². The van der Waals surface area contributed by atoms with Crippen LogP contribution in [0.2, 0.25) is 0 Å². The number of alkyl halides is 3. The van der Waals surface area contributed by atoms with Crippen molar-refractivity contribution in [2.45, 2.75) is 18.2 Å². The predicted molar refractivity (Wildman–Crippen MR) is 95.2 cm³/mol. The van der Waals surface area contributed by atoms with Crippen LogP contribution in [0.25, 0.3) is 0 Å². The molecule has 0 bridgehead atoms. The zero-order chi connectivity index (χ0) is 18.6. The molecule has 4 nitrogen and oxygen atoms in total. The third-order valence-corrected chi connectivity index (χ3v) is 5.72. The van der Waals surface area contributed by atoms with Gasteiger partial charge in [-0.3, -0.25) is 0 Å². The van der Waals surface area contributed by atoms with Crippen LogP contribution >= 0.6 is 11.8 Å². The van der Waals surface area contributed by atoms with Crippen LogP contribution in [-0.2, 0) is 6.18 Å². The van der Waals surface area contributed by atoms with E-state index in [1.807, 2.05) is 36.6 Å². The summed E-state index contributed by atoms with van der Waals surface area (Å²) in [4.78, 5) is 12.9. The molecule has 0 aromatic heterocycles. The quantitative estimate of drug-likeness (QED) is 0.738. The average molecular weight is 378 g/mol. The Balaban J connectivity index is 1.91. The molecule has 2 unspecified atom stereocenters. The molecular weight excluding hydrogens is 363 g/mol. The lowest BCUT2D eigenvalue weighted by atomic mass is 10.1. The maximum atomic E-state index is 12.9. The molecule has 8 heteroatoms. The number of hydrogen-bond donors (Lipinski definition) is 2. The number of amides is 2. The van der Waals surface area contributed by atoms with E-state index in [0.29, 0.717) is 11.4 Å². The van der Waals surface area contributed by atoms with Crippen molar-refractivity contribution in [3.05, 3.63) is 71.3 Å². The molecule has 2 aromatic carbocycles. The fourth-order valence-electron chi connectivity index (χ4n) is 3.42. The van der Waals surface area contributed by atoms with Gasteiger partial charge in [-0.1, -0.05) is 12.1 Å². The third-order valence-electron chi connectivity index (χ3n) is 4.61. The molecule has 0 saturated carbocycles. The Morgan fingerprint density at radius 3 is 2.35 bits per heavy atom. The van der Waals surface area contributed by atoms with Crippen LogP contribution in [0, 0.1) is 6.92 Å². The number of carbonyl (C=O) groups excluding carboxylic acids is 1. The summed E-state index contributed by atoms with van der Waals surface area (Å²) in [5.41, 5.74) is 1.34. The molecule has 2 atom stereocenters. The number of benzene rings is 2. The summed E-state index contributed by atoms with van der Waals surface area (Å²) in [6.07, 6.45) is -2.71. The Bertz CT molecular complexity index is 903. The summed E-state index contributed by atoms with van der Waals surface area (Å²) in [7, 11) is 0. The van der Waals surface area contributed by atoms with Crippen LogP contribution in [-0.4, -0.2) is 11.1 Å². The van der Waals surface area contributed by atoms with Gasteiger partial charge in [-0.2, -0.15) is 13.2 Å². The summed E-state index contributed by atoms with van der Waals surface area (Å²) in [6, 6.07) is 11.9. The van der Waals surface area contributed by atoms with E-state index in [1.54, 1.807) is 6.20 Å². The molecule has 2 aliphatic rings. The standard InChI is InChI=1S/C18H14F3N3OS/c1-12-3-2-4-15(11-12)24(16(25)23-18(24)22-9-10-26-18)14-7-5-13(6-8-14)17(19,20)21/h2-11,22H,1H3/p+1. The number of nitrogens with one attached hydrogen (secondary N) is 2. The van der Waals surface area contributed by atoms with Crippen molar-refractivity contribution in [2.75, 3.05) is 0 Å². The minimum Gasteiger partial charge on any atom is -0.311 e. The minimum atomic E-state index is -4.43. The minimum absolute atomic E-state index is 0.259. The molecule has 2 N–H and O–H groups in total.